The zero-order valence-electron chi connectivity index (χ0n) is 36.9. The number of hydrogen-bond acceptors (Lipinski definition) is 2. The van der Waals surface area contributed by atoms with Crippen molar-refractivity contribution >= 4 is 49.3 Å². The molecule has 1 aromatic heterocycles. The summed E-state index contributed by atoms with van der Waals surface area (Å²) >= 11 is 1.86. The van der Waals surface area contributed by atoms with Gasteiger partial charge in [0.05, 0.1) is 16.8 Å². The number of thiophene rings is 1. The summed E-state index contributed by atoms with van der Waals surface area (Å²) in [4.78, 5) is 3.82. The quantitative estimate of drug-likeness (QED) is 0.161. The van der Waals surface area contributed by atoms with E-state index in [0.717, 1.165) is 17.1 Å². The third kappa shape index (κ3) is 5.65. The fourth-order valence-electron chi connectivity index (χ4n) is 11.6. The van der Waals surface area contributed by atoms with Gasteiger partial charge in [0.1, 0.15) is 0 Å². The Morgan fingerprint density at radius 3 is 1.68 bits per heavy atom. The highest BCUT2D eigenvalue weighted by atomic mass is 32.1. The van der Waals surface area contributed by atoms with E-state index >= 15 is 0 Å². The van der Waals surface area contributed by atoms with Crippen LogP contribution in [0.3, 0.4) is 0 Å². The molecule has 0 amide bonds. The lowest BCUT2D eigenvalue weighted by atomic mass is 9.55. The van der Waals surface area contributed by atoms with E-state index in [2.05, 4.69) is 255 Å². The highest BCUT2D eigenvalue weighted by molar-refractivity contribution is 7.22. The first-order chi connectivity index (χ1) is 32.5. The highest BCUT2D eigenvalue weighted by Gasteiger charge is 2.54. The van der Waals surface area contributed by atoms with Gasteiger partial charge in [-0.1, -0.05) is 214 Å². The molecule has 0 saturated carbocycles. The van der Waals surface area contributed by atoms with Gasteiger partial charge in [0, 0.05) is 31.8 Å². The molecule has 1 spiro atoms. The molecular weight excluding hydrogens is 815 g/mol. The van der Waals surface area contributed by atoms with E-state index in [9.17, 15) is 0 Å². The Kier molecular flexibility index (Phi) is 8.72. The highest BCUT2D eigenvalue weighted by Crippen LogP contribution is 2.65. The Morgan fingerprint density at radius 2 is 0.939 bits per heavy atom. The van der Waals surface area contributed by atoms with Crippen LogP contribution in [0.5, 0.6) is 0 Å². The van der Waals surface area contributed by atoms with Crippen molar-refractivity contribution in [2.24, 2.45) is 0 Å². The van der Waals surface area contributed by atoms with Crippen LogP contribution in [0.15, 0.2) is 237 Å². The molecule has 0 radical (unpaired) electrons. The lowest BCUT2D eigenvalue weighted by molar-refractivity contribution is 0.564. The van der Waals surface area contributed by atoms with Gasteiger partial charge in [0.2, 0.25) is 0 Å². The Labute approximate surface area is 390 Å². The molecule has 0 atom stereocenters. The number of hydrogen-bond donors (Lipinski definition) is 0. The van der Waals surface area contributed by atoms with Crippen molar-refractivity contribution in [3.63, 3.8) is 0 Å². The van der Waals surface area contributed by atoms with Crippen molar-refractivity contribution in [1.82, 2.24) is 0 Å². The predicted molar refractivity (Wildman–Crippen MR) is 280 cm³/mol. The molecule has 312 valence electrons. The van der Waals surface area contributed by atoms with Crippen LogP contribution in [0.25, 0.3) is 64.7 Å². The fourth-order valence-corrected chi connectivity index (χ4v) is 12.7. The number of para-hydroxylation sites is 1. The van der Waals surface area contributed by atoms with Crippen LogP contribution in [0.1, 0.15) is 47.2 Å². The number of fused-ring (bicyclic) bond motifs is 12. The molecule has 0 N–H and O–H groups in total. The van der Waals surface area contributed by atoms with Crippen molar-refractivity contribution in [3.05, 3.63) is 270 Å². The monoisotopic (exact) mass is 859 g/mol. The number of anilines is 3. The third-order valence-corrected chi connectivity index (χ3v) is 15.7. The molecule has 11 aromatic rings. The zero-order valence-corrected chi connectivity index (χ0v) is 37.7. The van der Waals surface area contributed by atoms with E-state index in [4.69, 9.17) is 0 Å². The summed E-state index contributed by atoms with van der Waals surface area (Å²) in [5, 5.41) is 3.81. The van der Waals surface area contributed by atoms with Crippen molar-refractivity contribution in [1.29, 1.82) is 0 Å². The van der Waals surface area contributed by atoms with Crippen molar-refractivity contribution < 1.29 is 0 Å². The minimum atomic E-state index is -0.562. The summed E-state index contributed by atoms with van der Waals surface area (Å²) in [5.41, 5.74) is 19.4. The maximum Gasteiger partial charge on any atom is 0.0726 e. The Balaban J connectivity index is 1.10. The summed E-state index contributed by atoms with van der Waals surface area (Å²) in [5.74, 6) is 0. The molecular formula is C64H45NS. The van der Waals surface area contributed by atoms with Gasteiger partial charge in [0.15, 0.2) is 0 Å². The lowest BCUT2D eigenvalue weighted by Gasteiger charge is -2.47. The minimum absolute atomic E-state index is 0.194. The molecule has 0 bridgehead atoms. The van der Waals surface area contributed by atoms with Gasteiger partial charge in [-0.05, 0) is 114 Å². The van der Waals surface area contributed by atoms with Crippen LogP contribution in [0, 0.1) is 0 Å². The van der Waals surface area contributed by atoms with E-state index < -0.39 is 5.41 Å². The Hall–Kier alpha value is -7.78. The van der Waals surface area contributed by atoms with Crippen molar-refractivity contribution in [2.45, 2.75) is 24.7 Å². The maximum absolute atomic E-state index is 2.54. The molecule has 2 heteroatoms. The predicted octanol–water partition coefficient (Wildman–Crippen LogP) is 17.5. The Bertz CT molecular complexity index is 3620. The van der Waals surface area contributed by atoms with E-state index in [1.54, 1.807) is 0 Å². The van der Waals surface area contributed by atoms with Gasteiger partial charge < -0.3 is 4.90 Å². The van der Waals surface area contributed by atoms with E-state index in [1.165, 1.54) is 98.1 Å². The lowest BCUT2D eigenvalue weighted by Crippen LogP contribution is -2.40. The number of rotatable bonds is 6. The summed E-state index contributed by atoms with van der Waals surface area (Å²) in [7, 11) is 0. The zero-order chi connectivity index (χ0) is 44.0. The molecule has 0 unspecified atom stereocenters. The molecule has 2 aliphatic rings. The normalized spacial score (nSPS) is 13.8. The maximum atomic E-state index is 2.54. The van der Waals surface area contributed by atoms with Crippen LogP contribution < -0.4 is 4.90 Å². The summed E-state index contributed by atoms with van der Waals surface area (Å²) in [6.45, 7) is 4.81. The SMILES string of the molecule is CC1(C)c2ccccc2C2(c3ccccc31)c1cccc(N(c3ccc(-c4ccccc4)cc3)c3ccccc3-c3ccc4cc(-c5ccccc5)sc4c3)c1-c1ccc3ccccc3c12. The Morgan fingerprint density at radius 1 is 0.379 bits per heavy atom. The molecule has 66 heavy (non-hydrogen) atoms. The topological polar surface area (TPSA) is 3.24 Å². The molecule has 10 aromatic carbocycles. The van der Waals surface area contributed by atoms with Crippen LogP contribution >= 0.6 is 11.3 Å². The molecule has 0 fully saturated rings. The van der Waals surface area contributed by atoms with E-state index in [-0.39, 0.29) is 5.41 Å². The van der Waals surface area contributed by atoms with Gasteiger partial charge in [-0.2, -0.15) is 0 Å². The van der Waals surface area contributed by atoms with Crippen LogP contribution in [-0.4, -0.2) is 0 Å². The number of benzene rings is 10. The van der Waals surface area contributed by atoms with Gasteiger partial charge in [-0.15, -0.1) is 11.3 Å². The van der Waals surface area contributed by atoms with Gasteiger partial charge in [-0.3, -0.25) is 0 Å². The standard InChI is InChI=1S/C64H45NS/c1-63(2)52-25-12-14-27-54(52)64(55-28-15-13-26-53(55)63)56-29-17-31-58(61(56)51-39-36-44-20-9-10-24-50(44)62(51)64)65(48-37-34-43(35-38-48)42-18-5-3-6-19-42)57-30-16-11-23-49(57)46-32-33-47-41-59(66-60(47)40-46)45-21-7-4-8-22-45/h3-41H,1-2H3. The van der Waals surface area contributed by atoms with E-state index in [1.807, 2.05) is 11.3 Å². The minimum Gasteiger partial charge on any atom is -0.309 e. The molecule has 1 nitrogen and oxygen atoms in total. The second-order valence-electron chi connectivity index (χ2n) is 18.4. The van der Waals surface area contributed by atoms with Crippen LogP contribution in [-0.2, 0) is 10.8 Å². The summed E-state index contributed by atoms with van der Waals surface area (Å²) in [6.07, 6.45) is 0. The second-order valence-corrected chi connectivity index (χ2v) is 19.5. The van der Waals surface area contributed by atoms with Gasteiger partial charge in [-0.25, -0.2) is 0 Å². The summed E-state index contributed by atoms with van der Waals surface area (Å²) < 4.78 is 1.28. The fraction of sp³-hybridized carbons (Fsp3) is 0.0625. The molecule has 13 rings (SSSR count). The third-order valence-electron chi connectivity index (χ3n) is 14.5. The largest absolute Gasteiger partial charge is 0.309 e. The van der Waals surface area contributed by atoms with E-state index in [0.29, 0.717) is 0 Å². The number of nitrogens with zero attached hydrogens (tertiary/aromatic N) is 1. The second kappa shape index (κ2) is 14.9. The van der Waals surface area contributed by atoms with Crippen molar-refractivity contribution in [3.8, 4) is 43.8 Å². The first-order valence-corrected chi connectivity index (χ1v) is 23.8. The first kappa shape index (κ1) is 38.7. The van der Waals surface area contributed by atoms with Gasteiger partial charge >= 0.3 is 0 Å². The van der Waals surface area contributed by atoms with Crippen LogP contribution in [0.2, 0.25) is 0 Å². The van der Waals surface area contributed by atoms with Crippen LogP contribution in [0.4, 0.5) is 17.1 Å². The molecule has 1 heterocycles. The molecule has 0 aliphatic heterocycles. The summed E-state index contributed by atoms with van der Waals surface area (Å²) in [6, 6.07) is 88.4. The molecule has 2 aliphatic carbocycles. The van der Waals surface area contributed by atoms with Gasteiger partial charge in [0.25, 0.3) is 0 Å². The smallest absolute Gasteiger partial charge is 0.0726 e. The average Bonchev–Trinajstić information content (AvgIpc) is 3.95. The van der Waals surface area contributed by atoms with Crippen molar-refractivity contribution in [2.75, 3.05) is 4.90 Å². The molecule has 0 saturated heterocycles. The first-order valence-electron chi connectivity index (χ1n) is 23.0. The average molecular weight is 860 g/mol.